The van der Waals surface area contributed by atoms with Gasteiger partial charge in [-0.3, -0.25) is 22.7 Å². The molecule has 1 fully saturated rings. The minimum absolute atomic E-state index is 0.0169. The maximum atomic E-state index is 9.83. The molecule has 0 saturated carbocycles. The van der Waals surface area contributed by atoms with Crippen molar-refractivity contribution in [3.63, 3.8) is 0 Å². The first-order valence-electron chi connectivity index (χ1n) is 5.88. The van der Waals surface area contributed by atoms with Gasteiger partial charge in [0.25, 0.3) is 0 Å². The normalized spacial score (nSPS) is 32.3. The zero-order valence-electron chi connectivity index (χ0n) is 10.6. The highest BCUT2D eigenvalue weighted by molar-refractivity contribution is 8.15. The Labute approximate surface area is 117 Å². The molecule has 20 heavy (non-hydrogen) atoms. The monoisotopic (exact) mass is 319 g/mol. The smallest absolute Gasteiger partial charge is 0.217 e. The van der Waals surface area contributed by atoms with E-state index in [2.05, 4.69) is 4.18 Å². The van der Waals surface area contributed by atoms with Crippen molar-refractivity contribution in [2.45, 2.75) is 30.5 Å². The van der Waals surface area contributed by atoms with Crippen molar-refractivity contribution in [1.82, 2.24) is 4.90 Å². The van der Waals surface area contributed by atoms with Crippen molar-refractivity contribution >= 4 is 11.2 Å². The molecule has 0 aromatic carbocycles. The van der Waals surface area contributed by atoms with Crippen molar-refractivity contribution in [3.8, 4) is 0 Å². The maximum Gasteiger partial charge on any atom is 0.217 e. The summed E-state index contributed by atoms with van der Waals surface area (Å²) in [5.74, 6) is 0. The second-order valence-corrected chi connectivity index (χ2v) is 5.74. The summed E-state index contributed by atoms with van der Waals surface area (Å²) in [7, 11) is 0. The molecule has 0 amide bonds. The zero-order chi connectivity index (χ0) is 15.5. The molecule has 0 spiro atoms. The van der Waals surface area contributed by atoms with Crippen LogP contribution in [0.1, 0.15) is 0 Å². The lowest BCUT2D eigenvalue weighted by molar-refractivity contribution is -0.0350. The molecule has 122 valence electrons. The number of hydrogen-bond acceptors (Lipinski definition) is 10. The topological polar surface area (TPSA) is 174 Å². The summed E-state index contributed by atoms with van der Waals surface area (Å²) in [6.07, 6.45) is -5.19. The second-order valence-electron chi connectivity index (χ2n) is 4.61. The number of rotatable bonds is 7. The van der Waals surface area contributed by atoms with Gasteiger partial charge in [0.1, 0.15) is 6.10 Å². The predicted octanol–water partition coefficient (Wildman–Crippen LogP) is -2.74. The highest BCUT2D eigenvalue weighted by Gasteiger charge is 2.41. The predicted molar refractivity (Wildman–Crippen MR) is 67.9 cm³/mol. The fourth-order valence-corrected chi connectivity index (χ4v) is 2.65. The lowest BCUT2D eigenvalue weighted by Gasteiger charge is -2.31. The van der Waals surface area contributed by atoms with Gasteiger partial charge < -0.3 is 25.5 Å². The molecule has 0 bridgehead atoms. The van der Waals surface area contributed by atoms with Gasteiger partial charge in [0, 0.05) is 13.1 Å². The molecule has 5 atom stereocenters. The molecule has 10 nitrogen and oxygen atoms in total. The van der Waals surface area contributed by atoms with Crippen LogP contribution < -0.4 is 0 Å². The first-order chi connectivity index (χ1) is 9.19. The maximum absolute atomic E-state index is 9.83. The van der Waals surface area contributed by atoms with Gasteiger partial charge in [-0.05, 0) is 0 Å². The van der Waals surface area contributed by atoms with E-state index in [1.807, 2.05) is 0 Å². The number of hydrogen-bond donors (Lipinski definition) is 8. The molecule has 5 unspecified atom stereocenters. The summed E-state index contributed by atoms with van der Waals surface area (Å²) >= 11 is -4.34. The fraction of sp³-hybridized carbons (Fsp3) is 1.00. The van der Waals surface area contributed by atoms with Crippen molar-refractivity contribution in [2.24, 2.45) is 0 Å². The van der Waals surface area contributed by atoms with Crippen LogP contribution in [0.4, 0.5) is 0 Å². The lowest BCUT2D eigenvalue weighted by atomic mass is 10.1. The molecule has 1 rings (SSSR count). The van der Waals surface area contributed by atoms with E-state index in [9.17, 15) is 15.3 Å². The van der Waals surface area contributed by atoms with Crippen LogP contribution in [-0.2, 0) is 4.18 Å². The Bertz CT molecular complexity index is 302. The van der Waals surface area contributed by atoms with Gasteiger partial charge >= 0.3 is 0 Å². The molecule has 11 heteroatoms. The van der Waals surface area contributed by atoms with Gasteiger partial charge in [-0.15, -0.1) is 0 Å². The highest BCUT2D eigenvalue weighted by Crippen LogP contribution is 2.36. The average molecular weight is 319 g/mol. The molecule has 0 aliphatic carbocycles. The van der Waals surface area contributed by atoms with E-state index in [0.717, 1.165) is 0 Å². The third kappa shape index (κ3) is 4.75. The van der Waals surface area contributed by atoms with Gasteiger partial charge in [-0.25, -0.2) is 0 Å². The Morgan fingerprint density at radius 1 is 1.20 bits per heavy atom. The third-order valence-electron chi connectivity index (χ3n) is 3.15. The van der Waals surface area contributed by atoms with Crippen LogP contribution in [0.5, 0.6) is 0 Å². The Morgan fingerprint density at radius 2 is 1.80 bits per heavy atom. The first kappa shape index (κ1) is 18.0. The van der Waals surface area contributed by atoms with Gasteiger partial charge in [-0.2, -0.15) is 0 Å². The van der Waals surface area contributed by atoms with Crippen LogP contribution in [0.3, 0.4) is 0 Å². The van der Waals surface area contributed by atoms with Crippen LogP contribution in [0.15, 0.2) is 0 Å². The minimum Gasteiger partial charge on any atom is -0.395 e. The molecule has 0 radical (unpaired) electrons. The van der Waals surface area contributed by atoms with E-state index < -0.39 is 54.8 Å². The van der Waals surface area contributed by atoms with Crippen LogP contribution in [0.25, 0.3) is 0 Å². The SMILES string of the molecule is OCC(OS(O)(O)O)C(O)CN1CC(O)C(O)C1CO. The van der Waals surface area contributed by atoms with Gasteiger partial charge in [0.05, 0.1) is 37.6 Å². The second kappa shape index (κ2) is 7.29. The number of aliphatic hydroxyl groups is 5. The summed E-state index contributed by atoms with van der Waals surface area (Å²) < 4.78 is 30.5. The highest BCUT2D eigenvalue weighted by atomic mass is 32.3. The van der Waals surface area contributed by atoms with Crippen molar-refractivity contribution in [1.29, 1.82) is 0 Å². The van der Waals surface area contributed by atoms with Gasteiger partial charge in [0.2, 0.25) is 11.2 Å². The summed E-state index contributed by atoms with van der Waals surface area (Å²) in [6.45, 7) is -1.48. The summed E-state index contributed by atoms with van der Waals surface area (Å²) in [5.41, 5.74) is 0. The average Bonchev–Trinajstić information content (AvgIpc) is 2.60. The van der Waals surface area contributed by atoms with E-state index in [1.165, 1.54) is 4.90 Å². The van der Waals surface area contributed by atoms with E-state index in [1.54, 1.807) is 0 Å². The molecule has 1 saturated heterocycles. The largest absolute Gasteiger partial charge is 0.395 e. The Balaban J connectivity index is 2.62. The van der Waals surface area contributed by atoms with Crippen LogP contribution >= 0.6 is 11.2 Å². The van der Waals surface area contributed by atoms with Crippen molar-refractivity contribution < 1.29 is 43.4 Å². The fourth-order valence-electron chi connectivity index (χ4n) is 2.13. The summed E-state index contributed by atoms with van der Waals surface area (Å²) in [5, 5.41) is 47.0. The molecular weight excluding hydrogens is 298 g/mol. The molecule has 0 aromatic heterocycles. The van der Waals surface area contributed by atoms with Crippen LogP contribution in [0.2, 0.25) is 0 Å². The Kier molecular flexibility index (Phi) is 6.56. The van der Waals surface area contributed by atoms with E-state index >= 15 is 0 Å². The first-order valence-corrected chi connectivity index (χ1v) is 7.31. The van der Waals surface area contributed by atoms with Crippen LogP contribution in [0, 0.1) is 0 Å². The minimum atomic E-state index is -4.34. The summed E-state index contributed by atoms with van der Waals surface area (Å²) in [4.78, 5) is 1.37. The zero-order valence-corrected chi connectivity index (χ0v) is 11.4. The lowest BCUT2D eigenvalue weighted by Crippen LogP contribution is -2.47. The standard InChI is InChI=1S/C9H21NO9S/c11-3-5-9(15)7(14)2-10(5)1-6(13)8(4-12)19-20(16,17)18/h5-9,11-18H,1-4H2. The molecule has 0 aromatic rings. The number of nitrogens with zero attached hydrogens (tertiary/aromatic N) is 1. The summed E-state index contributed by atoms with van der Waals surface area (Å²) in [6, 6.07) is -0.798. The number of aliphatic hydroxyl groups excluding tert-OH is 5. The number of likely N-dealkylation sites (tertiary alicyclic amines) is 1. The van der Waals surface area contributed by atoms with Crippen LogP contribution in [-0.4, -0.2) is 101 Å². The van der Waals surface area contributed by atoms with Gasteiger partial charge in [-0.1, -0.05) is 0 Å². The number of β-amino-alcohol motifs (C(OH)–C–C–N with tert-alkyl or cyclic N) is 2. The van der Waals surface area contributed by atoms with Gasteiger partial charge in [0.15, 0.2) is 0 Å². The molecular formula is C9H21NO9S. The van der Waals surface area contributed by atoms with E-state index in [-0.39, 0.29) is 13.1 Å². The molecule has 1 aliphatic heterocycles. The van der Waals surface area contributed by atoms with E-state index in [4.69, 9.17) is 23.9 Å². The molecule has 1 aliphatic rings. The molecule has 8 N–H and O–H groups in total. The molecule has 1 heterocycles. The third-order valence-corrected chi connectivity index (χ3v) is 3.65. The van der Waals surface area contributed by atoms with Crippen molar-refractivity contribution in [3.05, 3.63) is 0 Å². The van der Waals surface area contributed by atoms with Crippen molar-refractivity contribution in [2.75, 3.05) is 26.3 Å². The Morgan fingerprint density at radius 3 is 2.25 bits per heavy atom. The quantitative estimate of drug-likeness (QED) is 0.246. The Hall–Kier alpha value is -0.0500. The van der Waals surface area contributed by atoms with E-state index in [0.29, 0.717) is 0 Å².